The predicted molar refractivity (Wildman–Crippen MR) is 166 cm³/mol. The smallest absolute Gasteiger partial charge is 0.405 e. The van der Waals surface area contributed by atoms with Gasteiger partial charge in [0.15, 0.2) is 25.6 Å². The molecule has 3 heterocycles. The summed E-state index contributed by atoms with van der Waals surface area (Å²) in [6, 6.07) is 7.95. The number of anilines is 1. The molecule has 0 bridgehead atoms. The summed E-state index contributed by atoms with van der Waals surface area (Å²) < 4.78 is 101. The van der Waals surface area contributed by atoms with Crippen molar-refractivity contribution in [2.75, 3.05) is 31.2 Å². The van der Waals surface area contributed by atoms with Crippen LogP contribution in [-0.2, 0) is 33.7 Å². The summed E-state index contributed by atoms with van der Waals surface area (Å²) >= 11 is 6.52. The normalized spacial score (nSPS) is 14.9. The van der Waals surface area contributed by atoms with Crippen molar-refractivity contribution in [2.45, 2.75) is 58.0 Å². The molecule has 48 heavy (non-hydrogen) atoms. The van der Waals surface area contributed by atoms with Crippen molar-refractivity contribution in [3.05, 3.63) is 81.2 Å². The number of benzene rings is 2. The highest BCUT2D eigenvalue weighted by Crippen LogP contribution is 2.41. The molecule has 2 aromatic heterocycles. The molecule has 0 aliphatic carbocycles. The van der Waals surface area contributed by atoms with Crippen LogP contribution in [0.5, 0.6) is 0 Å². The van der Waals surface area contributed by atoms with Gasteiger partial charge in [0.05, 0.1) is 41.5 Å². The van der Waals surface area contributed by atoms with Gasteiger partial charge < -0.3 is 18.6 Å². The third-order valence-corrected chi connectivity index (χ3v) is 8.82. The van der Waals surface area contributed by atoms with Crippen LogP contribution in [0.4, 0.5) is 32.2 Å². The van der Waals surface area contributed by atoms with Crippen LogP contribution in [0.15, 0.2) is 47.0 Å². The molecule has 2 aromatic carbocycles. The first-order valence-corrected chi connectivity index (χ1v) is 18.6. The molecule has 0 atom stereocenters. The Kier molecular flexibility index (Phi) is 9.59. The Hall–Kier alpha value is -3.73. The number of carbonyl (C=O) groups is 1. The van der Waals surface area contributed by atoms with Crippen molar-refractivity contribution >= 4 is 31.5 Å². The SMILES string of the molecule is CC(C)(O[Si](C)(C)C)c1onc(-c2ccccc2Cl)c1C(=O)c1nnn(Cc2cc(C(F)(F)F)cc(C(F)(F)F)c2)c1N1CCOCC1. The van der Waals surface area contributed by atoms with Gasteiger partial charge in [0.1, 0.15) is 11.3 Å². The summed E-state index contributed by atoms with van der Waals surface area (Å²) in [6.07, 6.45) is -10.1. The molecule has 0 unspecified atom stereocenters. The number of hydrogen-bond acceptors (Lipinski definition) is 8. The number of halogens is 7. The Bertz CT molecular complexity index is 1780. The lowest BCUT2D eigenvalue weighted by Crippen LogP contribution is -2.39. The Morgan fingerprint density at radius 2 is 1.58 bits per heavy atom. The van der Waals surface area contributed by atoms with Gasteiger partial charge in [-0.05, 0) is 63.3 Å². The van der Waals surface area contributed by atoms with Gasteiger partial charge in [-0.1, -0.05) is 40.2 Å². The molecular formula is C31H32ClF6N5O4Si. The van der Waals surface area contributed by atoms with Crippen molar-refractivity contribution in [2.24, 2.45) is 0 Å². The van der Waals surface area contributed by atoms with Crippen molar-refractivity contribution in [3.63, 3.8) is 0 Å². The minimum atomic E-state index is -5.04. The molecule has 1 saturated heterocycles. The highest BCUT2D eigenvalue weighted by Gasteiger charge is 2.41. The van der Waals surface area contributed by atoms with Crippen LogP contribution in [0.2, 0.25) is 24.7 Å². The van der Waals surface area contributed by atoms with Crippen LogP contribution < -0.4 is 4.90 Å². The van der Waals surface area contributed by atoms with Crippen LogP contribution in [0, 0.1) is 0 Å². The van der Waals surface area contributed by atoms with E-state index in [2.05, 4.69) is 15.5 Å². The molecule has 258 valence electrons. The van der Waals surface area contributed by atoms with Crippen LogP contribution in [0.3, 0.4) is 0 Å². The standard InChI is InChI=1S/C31H32ClF6N5O4Si/c1-29(2,47-48(3,4)5)27-23(24(40-46-27)21-8-6-7-9-22(21)32)26(44)25-28(42-10-12-45-13-11-42)43(41-39-25)17-18-14-19(30(33,34)35)16-20(15-18)31(36,37)38/h6-9,14-16H,10-13,17H2,1-5H3. The van der Waals surface area contributed by atoms with Gasteiger partial charge in [-0.2, -0.15) is 26.3 Å². The second-order valence-electron chi connectivity index (χ2n) is 12.7. The molecule has 1 aliphatic rings. The minimum Gasteiger partial charge on any atom is -0.405 e. The number of rotatable bonds is 9. The second kappa shape index (κ2) is 12.9. The number of ether oxygens (including phenoxy) is 1. The fourth-order valence-electron chi connectivity index (χ4n) is 5.61. The van der Waals surface area contributed by atoms with E-state index in [1.807, 2.05) is 19.6 Å². The summed E-state index contributed by atoms with van der Waals surface area (Å²) in [5, 5.41) is 12.7. The van der Waals surface area contributed by atoms with Crippen molar-refractivity contribution < 1.29 is 44.8 Å². The molecular weight excluding hydrogens is 684 g/mol. The predicted octanol–water partition coefficient (Wildman–Crippen LogP) is 7.83. The monoisotopic (exact) mass is 715 g/mol. The van der Waals surface area contributed by atoms with E-state index < -0.39 is 49.7 Å². The summed E-state index contributed by atoms with van der Waals surface area (Å²) in [4.78, 5) is 16.4. The minimum absolute atomic E-state index is 0.0219. The first-order valence-electron chi connectivity index (χ1n) is 14.8. The molecule has 0 amide bonds. The van der Waals surface area contributed by atoms with E-state index in [4.69, 9.17) is 25.3 Å². The lowest BCUT2D eigenvalue weighted by atomic mass is 9.94. The number of aromatic nitrogens is 4. The number of morpholine rings is 1. The Morgan fingerprint density at radius 3 is 2.15 bits per heavy atom. The maximum Gasteiger partial charge on any atom is 0.416 e. The first-order chi connectivity index (χ1) is 22.3. The molecule has 1 aliphatic heterocycles. The molecule has 4 aromatic rings. The zero-order chi connectivity index (χ0) is 35.2. The topological polar surface area (TPSA) is 95.5 Å². The highest BCUT2D eigenvalue weighted by molar-refractivity contribution is 6.69. The van der Waals surface area contributed by atoms with Gasteiger partial charge in [0.25, 0.3) is 0 Å². The first kappa shape index (κ1) is 35.6. The fraction of sp³-hybridized carbons (Fsp3) is 0.419. The van der Waals surface area contributed by atoms with E-state index in [-0.39, 0.29) is 71.5 Å². The quantitative estimate of drug-likeness (QED) is 0.0984. The zero-order valence-corrected chi connectivity index (χ0v) is 28.3. The number of nitrogens with zero attached hydrogens (tertiary/aromatic N) is 5. The zero-order valence-electron chi connectivity index (χ0n) is 26.6. The summed E-state index contributed by atoms with van der Waals surface area (Å²) in [5.74, 6) is -0.545. The Balaban J connectivity index is 1.69. The van der Waals surface area contributed by atoms with E-state index in [0.29, 0.717) is 17.7 Å². The molecule has 0 spiro atoms. The molecule has 0 N–H and O–H groups in total. The van der Waals surface area contributed by atoms with Crippen LogP contribution in [0.1, 0.15) is 52.3 Å². The van der Waals surface area contributed by atoms with Gasteiger partial charge in [0, 0.05) is 18.7 Å². The number of ketones is 1. The molecule has 1 fully saturated rings. The van der Waals surface area contributed by atoms with Gasteiger partial charge in [-0.15, -0.1) is 5.10 Å². The third kappa shape index (κ3) is 7.61. The van der Waals surface area contributed by atoms with Gasteiger partial charge in [-0.25, -0.2) is 4.68 Å². The Morgan fingerprint density at radius 1 is 0.979 bits per heavy atom. The highest BCUT2D eigenvalue weighted by atomic mass is 35.5. The molecule has 0 saturated carbocycles. The average molecular weight is 716 g/mol. The molecule has 5 rings (SSSR count). The van der Waals surface area contributed by atoms with E-state index in [0.717, 1.165) is 4.68 Å². The number of carbonyl (C=O) groups excluding carboxylic acids is 1. The van der Waals surface area contributed by atoms with Crippen molar-refractivity contribution in [3.8, 4) is 11.3 Å². The summed E-state index contributed by atoms with van der Waals surface area (Å²) in [7, 11) is -2.25. The molecule has 17 heteroatoms. The Labute approximate surface area is 277 Å². The third-order valence-electron chi connectivity index (χ3n) is 7.37. The fourth-order valence-corrected chi connectivity index (χ4v) is 7.46. The largest absolute Gasteiger partial charge is 0.416 e. The van der Waals surface area contributed by atoms with E-state index in [1.165, 1.54) is 0 Å². The van der Waals surface area contributed by atoms with Gasteiger partial charge in [-0.3, -0.25) is 4.79 Å². The molecule has 0 radical (unpaired) electrons. The maximum absolute atomic E-state index is 14.7. The van der Waals surface area contributed by atoms with Crippen LogP contribution >= 0.6 is 11.6 Å². The number of hydrogen-bond donors (Lipinski definition) is 0. The van der Waals surface area contributed by atoms with E-state index in [1.54, 1.807) is 43.0 Å². The lowest BCUT2D eigenvalue weighted by Gasteiger charge is -2.31. The average Bonchev–Trinajstić information content (AvgIpc) is 3.61. The second-order valence-corrected chi connectivity index (χ2v) is 17.5. The van der Waals surface area contributed by atoms with Gasteiger partial charge in [0.2, 0.25) is 5.78 Å². The summed E-state index contributed by atoms with van der Waals surface area (Å²) in [6.45, 7) is 9.73. The van der Waals surface area contributed by atoms with Crippen molar-refractivity contribution in [1.82, 2.24) is 20.2 Å². The van der Waals surface area contributed by atoms with E-state index >= 15 is 0 Å². The van der Waals surface area contributed by atoms with Crippen molar-refractivity contribution in [1.29, 1.82) is 0 Å². The van der Waals surface area contributed by atoms with E-state index in [9.17, 15) is 31.1 Å². The van der Waals surface area contributed by atoms with Crippen LogP contribution in [-0.4, -0.2) is 60.6 Å². The summed E-state index contributed by atoms with van der Waals surface area (Å²) in [5.41, 5.74) is -4.22. The lowest BCUT2D eigenvalue weighted by molar-refractivity contribution is -0.143. The maximum atomic E-state index is 14.7. The molecule has 9 nitrogen and oxygen atoms in total. The van der Waals surface area contributed by atoms with Gasteiger partial charge >= 0.3 is 12.4 Å². The van der Waals surface area contributed by atoms with Crippen LogP contribution in [0.25, 0.3) is 11.3 Å². The number of alkyl halides is 6.